The second-order valence-electron chi connectivity index (χ2n) is 7.20. The van der Waals surface area contributed by atoms with E-state index in [1.54, 1.807) is 0 Å². The summed E-state index contributed by atoms with van der Waals surface area (Å²) >= 11 is 0. The van der Waals surface area contributed by atoms with Crippen LogP contribution in [0.15, 0.2) is 48.5 Å². The molecule has 0 aromatic heterocycles. The van der Waals surface area contributed by atoms with E-state index in [4.69, 9.17) is 9.47 Å². The molecule has 0 bridgehead atoms. The minimum Gasteiger partial charge on any atom is -0.454 e. The molecule has 0 unspecified atom stereocenters. The Hall–Kier alpha value is -2.99. The molecule has 0 saturated heterocycles. The number of rotatable bonds is 4. The zero-order valence-electron chi connectivity index (χ0n) is 15.6. The topological polar surface area (TPSA) is 65.7 Å². The van der Waals surface area contributed by atoms with Crippen LogP contribution in [0.3, 0.4) is 0 Å². The van der Waals surface area contributed by atoms with E-state index >= 15 is 0 Å². The molecule has 1 aliphatic carbocycles. The molecule has 5 heteroatoms. The molecule has 1 saturated carbocycles. The van der Waals surface area contributed by atoms with E-state index in [1.165, 1.54) is 0 Å². The molecule has 142 valence electrons. The molecular formula is C23H22N2O3. The Kier molecular flexibility index (Phi) is 5.21. The van der Waals surface area contributed by atoms with E-state index in [2.05, 4.69) is 17.9 Å². The maximum absolute atomic E-state index is 11.3. The third kappa shape index (κ3) is 3.82. The standard InChI is InChI=1S/C23H22N2O3/c24-13-14-25(16-19-5-2-1-3-6-19)22-7-4-11-23(22,26)12-10-18-8-9-20-21(15-18)28-17-27-20/h1-3,5-6,8-9,15,22,26H,4,7,11,14,16-17H2/t22-,23+/m1/s1. The van der Waals surface area contributed by atoms with Crippen molar-refractivity contribution in [1.82, 2.24) is 4.90 Å². The van der Waals surface area contributed by atoms with E-state index in [-0.39, 0.29) is 19.4 Å². The average molecular weight is 374 g/mol. The zero-order valence-corrected chi connectivity index (χ0v) is 15.6. The lowest BCUT2D eigenvalue weighted by Gasteiger charge is -2.34. The number of nitriles is 1. The lowest BCUT2D eigenvalue weighted by molar-refractivity contribution is 0.0202. The molecule has 5 nitrogen and oxygen atoms in total. The van der Waals surface area contributed by atoms with Crippen molar-refractivity contribution in [2.75, 3.05) is 13.3 Å². The van der Waals surface area contributed by atoms with Gasteiger partial charge in [-0.05, 0) is 43.0 Å². The SMILES string of the molecule is N#CCN(Cc1ccccc1)[C@@H]1CCC[C@]1(O)C#Cc1ccc2c(c1)OCO2. The summed E-state index contributed by atoms with van der Waals surface area (Å²) in [6.07, 6.45) is 2.31. The van der Waals surface area contributed by atoms with Crippen LogP contribution in [-0.2, 0) is 6.54 Å². The highest BCUT2D eigenvalue weighted by Gasteiger charge is 2.43. The predicted molar refractivity (Wildman–Crippen MR) is 104 cm³/mol. The molecule has 2 aromatic rings. The molecule has 0 amide bonds. The molecule has 1 fully saturated rings. The molecule has 28 heavy (non-hydrogen) atoms. The molecule has 2 atom stereocenters. The Balaban J connectivity index is 1.56. The summed E-state index contributed by atoms with van der Waals surface area (Å²) in [5.74, 6) is 7.59. The summed E-state index contributed by atoms with van der Waals surface area (Å²) in [7, 11) is 0. The van der Waals surface area contributed by atoms with Crippen LogP contribution in [0.5, 0.6) is 11.5 Å². The lowest BCUT2D eigenvalue weighted by Crippen LogP contribution is -2.48. The van der Waals surface area contributed by atoms with Gasteiger partial charge in [0.1, 0.15) is 5.60 Å². The zero-order chi connectivity index (χ0) is 19.4. The van der Waals surface area contributed by atoms with Crippen LogP contribution in [0.4, 0.5) is 0 Å². The van der Waals surface area contributed by atoms with E-state index in [0.29, 0.717) is 24.5 Å². The third-order valence-corrected chi connectivity index (χ3v) is 5.33. The Morgan fingerprint density at radius 1 is 1.14 bits per heavy atom. The second kappa shape index (κ2) is 7.94. The number of nitrogens with zero attached hydrogens (tertiary/aromatic N) is 2. The first-order valence-electron chi connectivity index (χ1n) is 9.48. The largest absolute Gasteiger partial charge is 0.454 e. The predicted octanol–water partition coefficient (Wildman–Crippen LogP) is 3.08. The van der Waals surface area contributed by atoms with Crippen molar-refractivity contribution in [1.29, 1.82) is 5.26 Å². The molecule has 2 aliphatic rings. The fourth-order valence-electron chi connectivity index (χ4n) is 3.94. The Labute approximate surface area is 165 Å². The number of hydrogen-bond acceptors (Lipinski definition) is 5. The van der Waals surface area contributed by atoms with Gasteiger partial charge in [-0.25, -0.2) is 0 Å². The van der Waals surface area contributed by atoms with Gasteiger partial charge < -0.3 is 14.6 Å². The lowest BCUT2D eigenvalue weighted by atomic mass is 9.95. The van der Waals surface area contributed by atoms with Crippen LogP contribution in [0.25, 0.3) is 0 Å². The third-order valence-electron chi connectivity index (χ3n) is 5.33. The van der Waals surface area contributed by atoms with Gasteiger partial charge in [0.25, 0.3) is 0 Å². The maximum atomic E-state index is 11.3. The fourth-order valence-corrected chi connectivity index (χ4v) is 3.94. The van der Waals surface area contributed by atoms with E-state index in [1.807, 2.05) is 53.4 Å². The molecule has 1 N–H and O–H groups in total. The molecule has 0 radical (unpaired) electrons. The normalized spacial score (nSPS) is 22.5. The Morgan fingerprint density at radius 2 is 1.96 bits per heavy atom. The minimum absolute atomic E-state index is 0.172. The first-order valence-corrected chi connectivity index (χ1v) is 9.48. The highest BCUT2D eigenvalue weighted by molar-refractivity contribution is 5.50. The quantitative estimate of drug-likeness (QED) is 0.658. The number of benzene rings is 2. The number of aliphatic hydroxyl groups is 1. The summed E-state index contributed by atoms with van der Waals surface area (Å²) in [4.78, 5) is 2.04. The molecule has 2 aromatic carbocycles. The van der Waals surface area contributed by atoms with Crippen molar-refractivity contribution >= 4 is 0 Å². The van der Waals surface area contributed by atoms with Crippen molar-refractivity contribution in [3.05, 3.63) is 59.7 Å². The Bertz CT molecular complexity index is 942. The van der Waals surface area contributed by atoms with Gasteiger partial charge in [0.2, 0.25) is 6.79 Å². The summed E-state index contributed by atoms with van der Waals surface area (Å²) in [5, 5.41) is 20.6. The average Bonchev–Trinajstić information content (AvgIpc) is 3.33. The first-order chi connectivity index (χ1) is 13.7. The molecule has 1 aliphatic heterocycles. The summed E-state index contributed by atoms with van der Waals surface area (Å²) in [6.45, 7) is 1.10. The van der Waals surface area contributed by atoms with Crippen molar-refractivity contribution in [3.8, 4) is 29.4 Å². The highest BCUT2D eigenvalue weighted by atomic mass is 16.7. The van der Waals surface area contributed by atoms with Gasteiger partial charge >= 0.3 is 0 Å². The summed E-state index contributed by atoms with van der Waals surface area (Å²) < 4.78 is 10.7. The molecule has 1 heterocycles. The van der Waals surface area contributed by atoms with Gasteiger partial charge in [-0.2, -0.15) is 5.26 Å². The number of fused-ring (bicyclic) bond motifs is 1. The number of hydrogen-bond donors (Lipinski definition) is 1. The Morgan fingerprint density at radius 3 is 2.79 bits per heavy atom. The molecule has 4 rings (SSSR count). The van der Waals surface area contributed by atoms with Crippen LogP contribution in [0.1, 0.15) is 30.4 Å². The van der Waals surface area contributed by atoms with E-state index in [0.717, 1.165) is 24.0 Å². The number of ether oxygens (including phenoxy) is 2. The highest BCUT2D eigenvalue weighted by Crippen LogP contribution is 2.35. The van der Waals surface area contributed by atoms with Crippen LogP contribution >= 0.6 is 0 Å². The summed E-state index contributed by atoms with van der Waals surface area (Å²) in [5.41, 5.74) is 0.760. The molecular weight excluding hydrogens is 352 g/mol. The van der Waals surface area contributed by atoms with E-state index in [9.17, 15) is 10.4 Å². The first kappa shape index (κ1) is 18.4. The van der Waals surface area contributed by atoms with Gasteiger partial charge in [-0.3, -0.25) is 4.90 Å². The van der Waals surface area contributed by atoms with Gasteiger partial charge in [-0.1, -0.05) is 42.2 Å². The van der Waals surface area contributed by atoms with Gasteiger partial charge in [0.15, 0.2) is 11.5 Å². The van der Waals surface area contributed by atoms with Gasteiger partial charge in [-0.15, -0.1) is 0 Å². The van der Waals surface area contributed by atoms with Crippen LogP contribution in [-0.4, -0.2) is 35.0 Å². The van der Waals surface area contributed by atoms with Gasteiger partial charge in [0.05, 0.1) is 18.7 Å². The maximum Gasteiger partial charge on any atom is 0.231 e. The monoisotopic (exact) mass is 374 g/mol. The van der Waals surface area contributed by atoms with Crippen molar-refractivity contribution in [2.45, 2.75) is 37.5 Å². The minimum atomic E-state index is -1.14. The summed E-state index contributed by atoms with van der Waals surface area (Å²) in [6, 6.07) is 17.6. The van der Waals surface area contributed by atoms with Crippen LogP contribution in [0.2, 0.25) is 0 Å². The van der Waals surface area contributed by atoms with Crippen LogP contribution < -0.4 is 9.47 Å². The van der Waals surface area contributed by atoms with Crippen LogP contribution in [0, 0.1) is 23.2 Å². The fraction of sp³-hybridized carbons (Fsp3) is 0.348. The second-order valence-corrected chi connectivity index (χ2v) is 7.20. The van der Waals surface area contributed by atoms with Crippen molar-refractivity contribution in [3.63, 3.8) is 0 Å². The van der Waals surface area contributed by atoms with Crippen molar-refractivity contribution in [2.24, 2.45) is 0 Å². The van der Waals surface area contributed by atoms with Gasteiger partial charge in [0, 0.05) is 12.1 Å². The smallest absolute Gasteiger partial charge is 0.231 e. The molecule has 0 spiro atoms. The van der Waals surface area contributed by atoms with E-state index < -0.39 is 5.60 Å². The van der Waals surface area contributed by atoms with Crippen molar-refractivity contribution < 1.29 is 14.6 Å².